The summed E-state index contributed by atoms with van der Waals surface area (Å²) in [5.41, 5.74) is 2.68. The molecule has 3 aromatic carbocycles. The summed E-state index contributed by atoms with van der Waals surface area (Å²) in [6.07, 6.45) is 0. The van der Waals surface area contributed by atoms with Gasteiger partial charge in [-0.2, -0.15) is 0 Å². The van der Waals surface area contributed by atoms with Crippen LogP contribution in [0.25, 0.3) is 0 Å². The molecule has 0 amide bonds. The van der Waals surface area contributed by atoms with Gasteiger partial charge in [0, 0.05) is 22.3 Å². The van der Waals surface area contributed by atoms with E-state index >= 15 is 0 Å². The van der Waals surface area contributed by atoms with Crippen LogP contribution in [0.5, 0.6) is 17.2 Å². The molecule has 0 bridgehead atoms. The number of nitrogens with one attached hydrogen (secondary N) is 1. The Morgan fingerprint density at radius 3 is 2.43 bits per heavy atom. The summed E-state index contributed by atoms with van der Waals surface area (Å²) >= 11 is 15.7. The highest BCUT2D eigenvalue weighted by atomic mass is 79.9. The summed E-state index contributed by atoms with van der Waals surface area (Å²) in [4.78, 5) is 0. The number of phenols is 1. The molecule has 3 rings (SSSR count). The Labute approximate surface area is 182 Å². The molecule has 4 nitrogen and oxygen atoms in total. The van der Waals surface area contributed by atoms with Crippen LogP contribution in [0.1, 0.15) is 11.1 Å². The van der Waals surface area contributed by atoms with E-state index in [1.165, 1.54) is 0 Å². The van der Waals surface area contributed by atoms with Crippen molar-refractivity contribution < 1.29 is 14.6 Å². The average Bonchev–Trinajstić information content (AvgIpc) is 2.69. The van der Waals surface area contributed by atoms with E-state index in [9.17, 15) is 5.11 Å². The van der Waals surface area contributed by atoms with E-state index < -0.39 is 0 Å². The van der Waals surface area contributed by atoms with E-state index in [-0.39, 0.29) is 5.75 Å². The second-order valence-electron chi connectivity index (χ2n) is 5.99. The zero-order valence-electron chi connectivity index (χ0n) is 15.0. The lowest BCUT2D eigenvalue weighted by atomic mass is 10.1. The van der Waals surface area contributed by atoms with Crippen molar-refractivity contribution in [2.45, 2.75) is 13.2 Å². The Morgan fingerprint density at radius 1 is 1.00 bits per heavy atom. The zero-order chi connectivity index (χ0) is 20.1. The summed E-state index contributed by atoms with van der Waals surface area (Å²) < 4.78 is 12.5. The van der Waals surface area contributed by atoms with Crippen molar-refractivity contribution in [2.75, 3.05) is 12.4 Å². The minimum absolute atomic E-state index is 0.221. The number of anilines is 1. The minimum Gasteiger partial charge on any atom is -0.508 e. The maximum Gasteiger partial charge on any atom is 0.167 e. The lowest BCUT2D eigenvalue weighted by molar-refractivity contribution is 0.281. The molecular weight excluding hydrogens is 465 g/mol. The van der Waals surface area contributed by atoms with Gasteiger partial charge in [0.15, 0.2) is 11.5 Å². The van der Waals surface area contributed by atoms with Crippen molar-refractivity contribution in [3.63, 3.8) is 0 Å². The Balaban J connectivity index is 1.82. The molecule has 0 fully saturated rings. The number of hydrogen-bond acceptors (Lipinski definition) is 4. The van der Waals surface area contributed by atoms with Gasteiger partial charge in [0.1, 0.15) is 12.4 Å². The zero-order valence-corrected chi connectivity index (χ0v) is 18.1. The van der Waals surface area contributed by atoms with Gasteiger partial charge in [-0.3, -0.25) is 0 Å². The van der Waals surface area contributed by atoms with Crippen LogP contribution in [0.2, 0.25) is 10.0 Å². The predicted molar refractivity (Wildman–Crippen MR) is 117 cm³/mol. The lowest BCUT2D eigenvalue weighted by Crippen LogP contribution is -2.06. The summed E-state index contributed by atoms with van der Waals surface area (Å²) in [5.74, 6) is 1.48. The van der Waals surface area contributed by atoms with Crippen molar-refractivity contribution >= 4 is 44.8 Å². The maximum absolute atomic E-state index is 9.42. The predicted octanol–water partition coefficient (Wildman–Crippen LogP) is 6.66. The van der Waals surface area contributed by atoms with E-state index in [0.717, 1.165) is 21.3 Å². The van der Waals surface area contributed by atoms with Crippen LogP contribution in [-0.4, -0.2) is 12.2 Å². The van der Waals surface area contributed by atoms with Crippen LogP contribution in [0, 0.1) is 0 Å². The van der Waals surface area contributed by atoms with Crippen molar-refractivity contribution in [3.05, 3.63) is 80.2 Å². The molecule has 0 unspecified atom stereocenters. The molecule has 28 heavy (non-hydrogen) atoms. The SMILES string of the molecule is COc1ccc(Br)c(CNc2ccc(O)cc2)c1OCc1ccc(Cl)c(Cl)c1. The molecule has 7 heteroatoms. The maximum atomic E-state index is 9.42. The monoisotopic (exact) mass is 481 g/mol. The highest BCUT2D eigenvalue weighted by molar-refractivity contribution is 9.10. The molecule has 0 spiro atoms. The van der Waals surface area contributed by atoms with E-state index in [1.54, 1.807) is 43.5 Å². The second-order valence-corrected chi connectivity index (χ2v) is 7.66. The fraction of sp³-hybridized carbons (Fsp3) is 0.143. The van der Waals surface area contributed by atoms with Crippen LogP contribution >= 0.6 is 39.1 Å². The summed E-state index contributed by atoms with van der Waals surface area (Å²) in [7, 11) is 1.60. The van der Waals surface area contributed by atoms with Crippen LogP contribution < -0.4 is 14.8 Å². The molecule has 3 aromatic rings. The van der Waals surface area contributed by atoms with Gasteiger partial charge in [0.05, 0.1) is 17.2 Å². The molecule has 0 radical (unpaired) electrons. The van der Waals surface area contributed by atoms with Crippen LogP contribution in [0.15, 0.2) is 59.1 Å². The Bertz CT molecular complexity index is 965. The molecular formula is C21H18BrCl2NO3. The van der Waals surface area contributed by atoms with Crippen LogP contribution in [0.3, 0.4) is 0 Å². The Kier molecular flexibility index (Phi) is 6.94. The molecule has 0 atom stereocenters. The van der Waals surface area contributed by atoms with Gasteiger partial charge in [-0.15, -0.1) is 0 Å². The highest BCUT2D eigenvalue weighted by Gasteiger charge is 2.15. The van der Waals surface area contributed by atoms with Gasteiger partial charge in [-0.1, -0.05) is 45.2 Å². The topological polar surface area (TPSA) is 50.7 Å². The fourth-order valence-corrected chi connectivity index (χ4v) is 3.39. The second kappa shape index (κ2) is 9.41. The first-order chi connectivity index (χ1) is 13.5. The number of hydrogen-bond donors (Lipinski definition) is 2. The molecule has 0 saturated carbocycles. The van der Waals surface area contributed by atoms with Gasteiger partial charge < -0.3 is 19.9 Å². The molecule has 2 N–H and O–H groups in total. The minimum atomic E-state index is 0.221. The Morgan fingerprint density at radius 2 is 1.75 bits per heavy atom. The number of benzene rings is 3. The molecule has 0 aliphatic carbocycles. The van der Waals surface area contributed by atoms with Gasteiger partial charge in [0.2, 0.25) is 0 Å². The fourth-order valence-electron chi connectivity index (χ4n) is 2.62. The number of rotatable bonds is 7. The first-order valence-corrected chi connectivity index (χ1v) is 9.98. The molecule has 146 valence electrons. The smallest absolute Gasteiger partial charge is 0.167 e. The number of ether oxygens (including phenoxy) is 2. The largest absolute Gasteiger partial charge is 0.508 e. The quantitative estimate of drug-likeness (QED) is 0.369. The van der Waals surface area contributed by atoms with Gasteiger partial charge in [-0.25, -0.2) is 0 Å². The van der Waals surface area contributed by atoms with Gasteiger partial charge in [-0.05, 0) is 54.1 Å². The van der Waals surface area contributed by atoms with Crippen molar-refractivity contribution in [1.82, 2.24) is 0 Å². The summed E-state index contributed by atoms with van der Waals surface area (Å²) in [6, 6.07) is 16.0. The standard InChI is InChI=1S/C21H18BrCl2NO3/c1-27-20-9-7-17(22)16(11-25-14-3-5-15(26)6-4-14)21(20)28-12-13-2-8-18(23)19(24)10-13/h2-10,25-26H,11-12H2,1H3. The number of halogens is 3. The van der Waals surface area contributed by atoms with Crippen LogP contribution in [0.4, 0.5) is 5.69 Å². The van der Waals surface area contributed by atoms with E-state index in [2.05, 4.69) is 21.2 Å². The van der Waals surface area contributed by atoms with E-state index in [1.807, 2.05) is 18.2 Å². The number of phenolic OH excluding ortho intramolecular Hbond substituents is 1. The van der Waals surface area contributed by atoms with Gasteiger partial charge >= 0.3 is 0 Å². The summed E-state index contributed by atoms with van der Waals surface area (Å²) in [5, 5.41) is 13.7. The average molecular weight is 483 g/mol. The molecule has 0 saturated heterocycles. The lowest BCUT2D eigenvalue weighted by Gasteiger charge is -2.18. The third-order valence-electron chi connectivity index (χ3n) is 4.09. The highest BCUT2D eigenvalue weighted by Crippen LogP contribution is 2.37. The van der Waals surface area contributed by atoms with E-state index in [0.29, 0.717) is 34.7 Å². The normalized spacial score (nSPS) is 10.6. The molecule has 0 heterocycles. The number of methoxy groups -OCH3 is 1. The third-order valence-corrected chi connectivity index (χ3v) is 5.57. The van der Waals surface area contributed by atoms with Gasteiger partial charge in [0.25, 0.3) is 0 Å². The number of aromatic hydroxyl groups is 1. The first-order valence-electron chi connectivity index (χ1n) is 8.43. The van der Waals surface area contributed by atoms with Crippen LogP contribution in [-0.2, 0) is 13.2 Å². The summed E-state index contributed by atoms with van der Waals surface area (Å²) in [6.45, 7) is 0.815. The molecule has 0 aliphatic rings. The van der Waals surface area contributed by atoms with Crippen molar-refractivity contribution in [3.8, 4) is 17.2 Å². The Hall–Kier alpha value is -2.08. The third kappa shape index (κ3) is 5.04. The first kappa shape index (κ1) is 20.6. The molecule has 0 aliphatic heterocycles. The van der Waals surface area contributed by atoms with Crippen molar-refractivity contribution in [2.24, 2.45) is 0 Å². The van der Waals surface area contributed by atoms with E-state index in [4.69, 9.17) is 32.7 Å². The molecule has 0 aromatic heterocycles. The van der Waals surface area contributed by atoms with Crippen molar-refractivity contribution in [1.29, 1.82) is 0 Å².